The molecule has 4 rings (SSSR count). The SMILES string of the molecule is CCC(=O)N1CCc2c(-c3csc4ccc(CCl)cc34)cccc21. The molecule has 1 aromatic heterocycles. The van der Waals surface area contributed by atoms with Crippen LogP contribution in [0.25, 0.3) is 21.2 Å². The van der Waals surface area contributed by atoms with Crippen LogP contribution in [0.1, 0.15) is 24.5 Å². The summed E-state index contributed by atoms with van der Waals surface area (Å²) in [5.74, 6) is 0.724. The highest BCUT2D eigenvalue weighted by Gasteiger charge is 2.26. The zero-order chi connectivity index (χ0) is 16.7. The van der Waals surface area contributed by atoms with Gasteiger partial charge < -0.3 is 4.90 Å². The van der Waals surface area contributed by atoms with Gasteiger partial charge in [-0.1, -0.05) is 25.1 Å². The molecule has 1 aliphatic rings. The maximum absolute atomic E-state index is 12.2. The van der Waals surface area contributed by atoms with Crippen LogP contribution in [0.15, 0.2) is 41.8 Å². The van der Waals surface area contributed by atoms with Gasteiger partial charge in [-0.3, -0.25) is 4.79 Å². The molecule has 0 bridgehead atoms. The number of fused-ring (bicyclic) bond motifs is 2. The van der Waals surface area contributed by atoms with Gasteiger partial charge in [-0.15, -0.1) is 22.9 Å². The van der Waals surface area contributed by atoms with Gasteiger partial charge in [0.25, 0.3) is 0 Å². The zero-order valence-corrected chi connectivity index (χ0v) is 15.1. The van der Waals surface area contributed by atoms with Gasteiger partial charge in [0.1, 0.15) is 0 Å². The molecule has 0 spiro atoms. The minimum Gasteiger partial charge on any atom is -0.312 e. The summed E-state index contributed by atoms with van der Waals surface area (Å²) < 4.78 is 1.27. The summed E-state index contributed by atoms with van der Waals surface area (Å²) in [5, 5.41) is 3.48. The summed E-state index contributed by atoms with van der Waals surface area (Å²) in [6, 6.07) is 12.7. The normalized spacial score (nSPS) is 13.5. The van der Waals surface area contributed by atoms with Crippen molar-refractivity contribution in [3.63, 3.8) is 0 Å². The Morgan fingerprint density at radius 3 is 2.92 bits per heavy atom. The fraction of sp³-hybridized carbons (Fsp3) is 0.250. The second-order valence-electron chi connectivity index (χ2n) is 6.07. The first-order valence-electron chi connectivity index (χ1n) is 8.21. The summed E-state index contributed by atoms with van der Waals surface area (Å²) >= 11 is 7.78. The number of halogens is 1. The molecule has 2 nitrogen and oxygen atoms in total. The Morgan fingerprint density at radius 1 is 1.25 bits per heavy atom. The number of alkyl halides is 1. The fourth-order valence-corrected chi connectivity index (χ4v) is 4.61. The molecule has 0 N–H and O–H groups in total. The number of benzene rings is 2. The minimum absolute atomic E-state index is 0.200. The molecule has 0 fully saturated rings. The summed E-state index contributed by atoms with van der Waals surface area (Å²) in [7, 11) is 0. The van der Waals surface area contributed by atoms with E-state index in [4.69, 9.17) is 11.6 Å². The lowest BCUT2D eigenvalue weighted by Gasteiger charge is -2.17. The Balaban J connectivity index is 1.87. The molecule has 2 aromatic carbocycles. The van der Waals surface area contributed by atoms with Gasteiger partial charge in [-0.05, 0) is 46.7 Å². The Labute approximate surface area is 150 Å². The van der Waals surface area contributed by atoms with Gasteiger partial charge in [0.2, 0.25) is 5.91 Å². The van der Waals surface area contributed by atoms with E-state index in [1.165, 1.54) is 26.8 Å². The first kappa shape index (κ1) is 15.7. The third-order valence-electron chi connectivity index (χ3n) is 4.71. The fourth-order valence-electron chi connectivity index (χ4n) is 3.50. The summed E-state index contributed by atoms with van der Waals surface area (Å²) in [4.78, 5) is 14.1. The molecule has 2 heterocycles. The van der Waals surface area contributed by atoms with Crippen LogP contribution in [0.4, 0.5) is 5.69 Å². The molecule has 3 aromatic rings. The van der Waals surface area contributed by atoms with E-state index < -0.39 is 0 Å². The van der Waals surface area contributed by atoms with E-state index in [9.17, 15) is 4.79 Å². The summed E-state index contributed by atoms with van der Waals surface area (Å²) in [6.45, 7) is 2.71. The molecule has 0 saturated heterocycles. The molecule has 0 saturated carbocycles. The average Bonchev–Trinajstić information content (AvgIpc) is 3.24. The Bertz CT molecular complexity index is 931. The summed E-state index contributed by atoms with van der Waals surface area (Å²) in [6.07, 6.45) is 1.47. The van der Waals surface area contributed by atoms with Crippen molar-refractivity contribution in [1.82, 2.24) is 0 Å². The Morgan fingerprint density at radius 2 is 2.12 bits per heavy atom. The van der Waals surface area contributed by atoms with E-state index in [0.717, 1.165) is 24.2 Å². The van der Waals surface area contributed by atoms with Crippen LogP contribution in [0.5, 0.6) is 0 Å². The predicted molar refractivity (Wildman–Crippen MR) is 103 cm³/mol. The van der Waals surface area contributed by atoms with Crippen molar-refractivity contribution in [2.24, 2.45) is 0 Å². The summed E-state index contributed by atoms with van der Waals surface area (Å²) in [5.41, 5.74) is 6.00. The third kappa shape index (κ3) is 2.43. The van der Waals surface area contributed by atoms with Gasteiger partial charge >= 0.3 is 0 Å². The van der Waals surface area contributed by atoms with E-state index in [0.29, 0.717) is 12.3 Å². The highest BCUT2D eigenvalue weighted by atomic mass is 35.5. The first-order valence-corrected chi connectivity index (χ1v) is 9.63. The van der Waals surface area contributed by atoms with Crippen LogP contribution in [0.3, 0.4) is 0 Å². The molecule has 0 radical (unpaired) electrons. The first-order chi connectivity index (χ1) is 11.7. The number of nitrogens with zero attached hydrogens (tertiary/aromatic N) is 1. The van der Waals surface area contributed by atoms with Crippen LogP contribution in [0.2, 0.25) is 0 Å². The molecular weight excluding hydrogens is 338 g/mol. The molecule has 0 aliphatic carbocycles. The van der Waals surface area contributed by atoms with Crippen LogP contribution in [0, 0.1) is 0 Å². The quantitative estimate of drug-likeness (QED) is 0.559. The van der Waals surface area contributed by atoms with Gasteiger partial charge in [-0.2, -0.15) is 0 Å². The predicted octanol–water partition coefficient (Wildman–Crippen LogP) is 5.61. The number of carbonyl (C=O) groups is 1. The number of thiophene rings is 1. The Kier molecular flexibility index (Phi) is 4.07. The highest BCUT2D eigenvalue weighted by Crippen LogP contribution is 2.41. The second kappa shape index (κ2) is 6.23. The van der Waals surface area contributed by atoms with Crippen molar-refractivity contribution in [3.05, 3.63) is 52.9 Å². The van der Waals surface area contributed by atoms with E-state index in [1.54, 1.807) is 11.3 Å². The highest BCUT2D eigenvalue weighted by molar-refractivity contribution is 7.17. The van der Waals surface area contributed by atoms with Gasteiger partial charge in [0, 0.05) is 40.2 Å². The lowest BCUT2D eigenvalue weighted by Crippen LogP contribution is -2.27. The number of anilines is 1. The van der Waals surface area contributed by atoms with E-state index >= 15 is 0 Å². The van der Waals surface area contributed by atoms with Gasteiger partial charge in [-0.25, -0.2) is 0 Å². The maximum atomic E-state index is 12.2. The number of rotatable bonds is 3. The lowest BCUT2D eigenvalue weighted by atomic mass is 9.97. The third-order valence-corrected chi connectivity index (χ3v) is 5.99. The van der Waals surface area contributed by atoms with Crippen LogP contribution in [-0.2, 0) is 17.1 Å². The molecular formula is C20H18ClNOS. The monoisotopic (exact) mass is 355 g/mol. The van der Waals surface area contributed by atoms with E-state index in [2.05, 4.69) is 41.8 Å². The number of hydrogen-bond donors (Lipinski definition) is 0. The molecule has 0 unspecified atom stereocenters. The zero-order valence-electron chi connectivity index (χ0n) is 13.5. The van der Waals surface area contributed by atoms with E-state index in [-0.39, 0.29) is 5.91 Å². The average molecular weight is 356 g/mol. The standard InChI is InChI=1S/C20H18ClNOS/c1-2-20(23)22-9-8-15-14(4-3-5-18(15)22)17-12-24-19-7-6-13(11-21)10-16(17)19/h3-7,10,12H,2,8-9,11H2,1H3. The van der Waals surface area contributed by atoms with Crippen molar-refractivity contribution < 1.29 is 4.79 Å². The number of carbonyl (C=O) groups excluding carboxylic acids is 1. The molecule has 1 amide bonds. The smallest absolute Gasteiger partial charge is 0.226 e. The topological polar surface area (TPSA) is 20.3 Å². The molecule has 122 valence electrons. The van der Waals surface area contributed by atoms with Crippen molar-refractivity contribution >= 4 is 44.6 Å². The van der Waals surface area contributed by atoms with Crippen LogP contribution in [-0.4, -0.2) is 12.5 Å². The Hall–Kier alpha value is -1.84. The molecule has 4 heteroatoms. The van der Waals surface area contributed by atoms with Crippen molar-refractivity contribution in [3.8, 4) is 11.1 Å². The van der Waals surface area contributed by atoms with Crippen molar-refractivity contribution in [2.45, 2.75) is 25.6 Å². The van der Waals surface area contributed by atoms with Crippen molar-refractivity contribution in [1.29, 1.82) is 0 Å². The van der Waals surface area contributed by atoms with Gasteiger partial charge in [0.05, 0.1) is 0 Å². The van der Waals surface area contributed by atoms with Crippen LogP contribution >= 0.6 is 22.9 Å². The number of amides is 1. The van der Waals surface area contributed by atoms with Crippen molar-refractivity contribution in [2.75, 3.05) is 11.4 Å². The minimum atomic E-state index is 0.200. The number of hydrogen-bond acceptors (Lipinski definition) is 2. The molecule has 1 aliphatic heterocycles. The van der Waals surface area contributed by atoms with Crippen LogP contribution < -0.4 is 4.90 Å². The van der Waals surface area contributed by atoms with Gasteiger partial charge in [0.15, 0.2) is 0 Å². The lowest BCUT2D eigenvalue weighted by molar-refractivity contribution is -0.118. The van der Waals surface area contributed by atoms with E-state index in [1.807, 2.05) is 11.8 Å². The second-order valence-corrected chi connectivity index (χ2v) is 7.24. The largest absolute Gasteiger partial charge is 0.312 e. The molecule has 24 heavy (non-hydrogen) atoms. The maximum Gasteiger partial charge on any atom is 0.226 e. The molecule has 0 atom stereocenters.